The summed E-state index contributed by atoms with van der Waals surface area (Å²) in [5.41, 5.74) is 1.38. The molecule has 3 saturated carbocycles. The Labute approximate surface area is 146 Å². The van der Waals surface area contributed by atoms with Gasteiger partial charge in [0, 0.05) is 36.8 Å². The Bertz CT molecular complexity index is 714. The predicted octanol–water partition coefficient (Wildman–Crippen LogP) is 1.99. The van der Waals surface area contributed by atoms with E-state index >= 15 is 0 Å². The van der Waals surface area contributed by atoms with E-state index in [1.807, 2.05) is 6.08 Å². The fourth-order valence-corrected chi connectivity index (χ4v) is 7.32. The summed E-state index contributed by atoms with van der Waals surface area (Å²) in [5, 5.41) is 9.53. The number of fused-ring (bicyclic) bond motifs is 1. The molecule has 0 aromatic heterocycles. The number of aliphatic hydroxyl groups excluding tert-OH is 1. The molecule has 2 saturated heterocycles. The van der Waals surface area contributed by atoms with Crippen molar-refractivity contribution >= 4 is 5.91 Å². The number of hydrogen-bond donors (Lipinski definition) is 1. The highest BCUT2D eigenvalue weighted by Crippen LogP contribution is 2.85. The lowest BCUT2D eigenvalue weighted by Gasteiger charge is -2.76. The number of halogens is 1. The summed E-state index contributed by atoms with van der Waals surface area (Å²) < 4.78 is 19.8. The molecule has 2 aliphatic heterocycles. The minimum atomic E-state index is -0.895. The maximum atomic E-state index is 13.6. The van der Waals surface area contributed by atoms with Gasteiger partial charge in [-0.15, -0.1) is 0 Å². The van der Waals surface area contributed by atoms with Gasteiger partial charge in [-0.3, -0.25) is 4.79 Å². The Morgan fingerprint density at radius 3 is 2.84 bits per heavy atom. The second-order valence-corrected chi connectivity index (χ2v) is 9.08. The van der Waals surface area contributed by atoms with Crippen LogP contribution >= 0.6 is 0 Å². The van der Waals surface area contributed by atoms with E-state index in [2.05, 4.69) is 6.08 Å². The lowest BCUT2D eigenvalue weighted by Crippen LogP contribution is -2.75. The molecule has 7 unspecified atom stereocenters. The number of amides is 1. The normalized spacial score (nSPS) is 52.2. The van der Waals surface area contributed by atoms with Crippen LogP contribution < -0.4 is 0 Å². The molecule has 4 nitrogen and oxygen atoms in total. The van der Waals surface area contributed by atoms with Crippen LogP contribution in [0.15, 0.2) is 23.8 Å². The first kappa shape index (κ1) is 14.9. The first-order valence-corrected chi connectivity index (χ1v) is 9.68. The van der Waals surface area contributed by atoms with Crippen LogP contribution in [-0.4, -0.2) is 53.5 Å². The fraction of sp³-hybridized carbons (Fsp3) is 0.750. The molecule has 0 aromatic carbocycles. The molecule has 1 amide bonds. The standard InChI is InChI=1S/C20H24FNO3/c21-12-3-1-11(2-4-12)19(8-18(24)22-9-13(23)10-22)15-5-14-7-20(15)16(19)6-17(20)25-14/h1-3,12-17,23H,4-10H2. The molecule has 6 aliphatic rings. The van der Waals surface area contributed by atoms with E-state index < -0.39 is 6.17 Å². The maximum absolute atomic E-state index is 13.6. The average molecular weight is 345 g/mol. The summed E-state index contributed by atoms with van der Waals surface area (Å²) in [4.78, 5) is 14.7. The van der Waals surface area contributed by atoms with Crippen molar-refractivity contribution in [1.82, 2.24) is 4.90 Å². The number of rotatable bonds is 3. The van der Waals surface area contributed by atoms with Crippen molar-refractivity contribution in [3.8, 4) is 0 Å². The van der Waals surface area contributed by atoms with E-state index in [0.29, 0.717) is 55.4 Å². The minimum absolute atomic E-state index is 0.122. The van der Waals surface area contributed by atoms with Gasteiger partial charge in [0.2, 0.25) is 5.91 Å². The van der Waals surface area contributed by atoms with E-state index in [-0.39, 0.29) is 17.4 Å². The van der Waals surface area contributed by atoms with Gasteiger partial charge in [0.1, 0.15) is 6.17 Å². The third-order valence-corrected chi connectivity index (χ3v) is 8.27. The molecule has 5 fully saturated rings. The molecule has 2 bridgehead atoms. The zero-order chi connectivity index (χ0) is 17.0. The van der Waals surface area contributed by atoms with Crippen LogP contribution in [0, 0.1) is 22.7 Å². The Morgan fingerprint density at radius 2 is 2.16 bits per heavy atom. The smallest absolute Gasteiger partial charge is 0.223 e. The van der Waals surface area contributed by atoms with Crippen LogP contribution in [-0.2, 0) is 9.53 Å². The zero-order valence-corrected chi connectivity index (χ0v) is 14.2. The predicted molar refractivity (Wildman–Crippen MR) is 88.3 cm³/mol. The molecule has 134 valence electrons. The van der Waals surface area contributed by atoms with Gasteiger partial charge >= 0.3 is 0 Å². The maximum Gasteiger partial charge on any atom is 0.223 e. The number of alkyl halides is 1. The van der Waals surface area contributed by atoms with Crippen molar-refractivity contribution in [2.45, 2.75) is 56.6 Å². The summed E-state index contributed by atoms with van der Waals surface area (Å²) in [7, 11) is 0. The van der Waals surface area contributed by atoms with Crippen LogP contribution in [0.2, 0.25) is 0 Å². The van der Waals surface area contributed by atoms with Crippen LogP contribution in [0.3, 0.4) is 0 Å². The number of carbonyl (C=O) groups excluding carboxylic acids is 1. The van der Waals surface area contributed by atoms with Gasteiger partial charge in [-0.05, 0) is 36.7 Å². The minimum Gasteiger partial charge on any atom is -0.389 e. The number of hydrogen-bond acceptors (Lipinski definition) is 3. The zero-order valence-electron chi connectivity index (χ0n) is 14.2. The summed E-state index contributed by atoms with van der Waals surface area (Å²) in [6.45, 7) is 0.927. The highest BCUT2D eigenvalue weighted by atomic mass is 19.1. The fourth-order valence-electron chi connectivity index (χ4n) is 7.32. The van der Waals surface area contributed by atoms with Gasteiger partial charge in [0.05, 0.1) is 18.3 Å². The largest absolute Gasteiger partial charge is 0.389 e. The number of aliphatic hydroxyl groups is 1. The molecule has 2 heterocycles. The van der Waals surface area contributed by atoms with Gasteiger partial charge in [-0.2, -0.15) is 0 Å². The van der Waals surface area contributed by atoms with Gasteiger partial charge in [0.15, 0.2) is 0 Å². The van der Waals surface area contributed by atoms with Gasteiger partial charge in [-0.25, -0.2) is 4.39 Å². The number of allylic oxidation sites excluding steroid dienone is 4. The summed E-state index contributed by atoms with van der Waals surface area (Å²) >= 11 is 0. The average Bonchev–Trinajstić information content (AvgIpc) is 3.07. The Kier molecular flexibility index (Phi) is 2.71. The van der Waals surface area contributed by atoms with Crippen molar-refractivity contribution in [1.29, 1.82) is 0 Å². The van der Waals surface area contributed by atoms with E-state index in [4.69, 9.17) is 4.74 Å². The summed E-state index contributed by atoms with van der Waals surface area (Å²) in [6.07, 6.45) is 9.39. The molecule has 5 heteroatoms. The lowest BCUT2D eigenvalue weighted by molar-refractivity contribution is -0.304. The van der Waals surface area contributed by atoms with E-state index in [0.717, 1.165) is 19.3 Å². The molecular formula is C20H24FNO3. The van der Waals surface area contributed by atoms with Gasteiger partial charge < -0.3 is 14.7 Å². The quantitative estimate of drug-likeness (QED) is 0.851. The Morgan fingerprint density at radius 1 is 1.36 bits per heavy atom. The topological polar surface area (TPSA) is 49.8 Å². The second kappa shape index (κ2) is 4.55. The van der Waals surface area contributed by atoms with Crippen LogP contribution in [0.5, 0.6) is 0 Å². The van der Waals surface area contributed by atoms with Crippen molar-refractivity contribution in [3.05, 3.63) is 23.8 Å². The van der Waals surface area contributed by atoms with Crippen LogP contribution in [0.1, 0.15) is 32.1 Å². The van der Waals surface area contributed by atoms with Crippen LogP contribution in [0.25, 0.3) is 0 Å². The number of likely N-dealkylation sites (tertiary alicyclic amines) is 1. The Balaban J connectivity index is 1.35. The molecule has 7 atom stereocenters. The van der Waals surface area contributed by atoms with E-state index in [1.54, 1.807) is 11.0 Å². The van der Waals surface area contributed by atoms with Crippen LogP contribution in [0.4, 0.5) is 4.39 Å². The molecule has 1 N–H and O–H groups in total. The monoisotopic (exact) mass is 345 g/mol. The van der Waals surface area contributed by atoms with Crippen molar-refractivity contribution in [2.75, 3.05) is 13.1 Å². The third kappa shape index (κ3) is 1.59. The summed E-state index contributed by atoms with van der Waals surface area (Å²) in [5.74, 6) is 1.17. The molecule has 1 spiro atoms. The van der Waals surface area contributed by atoms with E-state index in [9.17, 15) is 14.3 Å². The molecule has 6 rings (SSSR count). The molecule has 0 radical (unpaired) electrons. The number of carbonyl (C=O) groups is 1. The van der Waals surface area contributed by atoms with E-state index in [1.165, 1.54) is 5.57 Å². The SMILES string of the molecule is O=C(CC1(C2=CCC(F)C=C2)C2CC3CC24C(CC14)O3)N1CC(O)C1. The molecular weight excluding hydrogens is 321 g/mol. The number of β-amino-alcohol motifs (C(OH)–C–C–N with tert-alkyl or cyclic N) is 1. The van der Waals surface area contributed by atoms with Crippen molar-refractivity contribution in [2.24, 2.45) is 22.7 Å². The molecule has 4 aliphatic carbocycles. The highest BCUT2D eigenvalue weighted by molar-refractivity contribution is 5.79. The Hall–Kier alpha value is -1.20. The summed E-state index contributed by atoms with van der Waals surface area (Å²) in [6, 6.07) is 0. The lowest BCUT2D eigenvalue weighted by atomic mass is 9.28. The number of ether oxygens (including phenoxy) is 1. The van der Waals surface area contributed by atoms with Crippen molar-refractivity contribution in [3.63, 3.8) is 0 Å². The highest BCUT2D eigenvalue weighted by Gasteiger charge is 2.84. The molecule has 25 heavy (non-hydrogen) atoms. The van der Waals surface area contributed by atoms with Gasteiger partial charge in [-0.1, -0.05) is 18.2 Å². The van der Waals surface area contributed by atoms with Gasteiger partial charge in [0.25, 0.3) is 0 Å². The number of nitrogens with zero attached hydrogens (tertiary/aromatic N) is 1. The first-order valence-electron chi connectivity index (χ1n) is 9.68. The second-order valence-electron chi connectivity index (χ2n) is 9.08. The first-order chi connectivity index (χ1) is 12.0. The van der Waals surface area contributed by atoms with Crippen molar-refractivity contribution < 1.29 is 19.0 Å². The third-order valence-electron chi connectivity index (χ3n) is 8.27. The molecule has 0 aromatic rings.